The second-order valence-corrected chi connectivity index (χ2v) is 6.91. The van der Waals surface area contributed by atoms with Gasteiger partial charge in [0, 0.05) is 29.9 Å². The van der Waals surface area contributed by atoms with E-state index < -0.39 is 0 Å². The van der Waals surface area contributed by atoms with Crippen LogP contribution in [0.1, 0.15) is 24.8 Å². The first-order valence-corrected chi connectivity index (χ1v) is 8.88. The Kier molecular flexibility index (Phi) is 5.23. The molecule has 23 heavy (non-hydrogen) atoms. The molecular weight excluding hydrogens is 376 g/mol. The summed E-state index contributed by atoms with van der Waals surface area (Å²) < 4.78 is 0.566. The number of aromatic hydroxyl groups is 1. The van der Waals surface area contributed by atoms with E-state index in [9.17, 15) is 5.11 Å². The lowest BCUT2D eigenvalue weighted by Gasteiger charge is -2.29. The van der Waals surface area contributed by atoms with Gasteiger partial charge in [-0.05, 0) is 59.5 Å². The molecule has 0 amide bonds. The van der Waals surface area contributed by atoms with Crippen LogP contribution in [0.5, 0.6) is 5.75 Å². The highest BCUT2D eigenvalue weighted by atomic mass is 79.9. The normalized spacial score (nSPS) is 15.3. The quantitative estimate of drug-likeness (QED) is 0.694. The molecule has 0 aliphatic carbocycles. The number of rotatable bonds is 3. The van der Waals surface area contributed by atoms with Crippen LogP contribution in [0.25, 0.3) is 0 Å². The van der Waals surface area contributed by atoms with Crippen molar-refractivity contribution < 1.29 is 5.11 Å². The second-order valence-electron chi connectivity index (χ2n) is 5.62. The van der Waals surface area contributed by atoms with Crippen LogP contribution < -0.4 is 4.90 Å². The summed E-state index contributed by atoms with van der Waals surface area (Å²) in [6, 6.07) is 11.5. The first-order chi connectivity index (χ1) is 11.1. The fourth-order valence-electron chi connectivity index (χ4n) is 2.80. The first kappa shape index (κ1) is 16.3. The summed E-state index contributed by atoms with van der Waals surface area (Å²) in [7, 11) is 0. The van der Waals surface area contributed by atoms with Gasteiger partial charge >= 0.3 is 0 Å². The minimum Gasteiger partial charge on any atom is -0.506 e. The Balaban J connectivity index is 1.91. The van der Waals surface area contributed by atoms with Crippen molar-refractivity contribution in [3.05, 3.63) is 51.5 Å². The van der Waals surface area contributed by atoms with Crippen LogP contribution in [-0.2, 0) is 0 Å². The molecule has 1 heterocycles. The Morgan fingerprint density at radius 2 is 1.87 bits per heavy atom. The van der Waals surface area contributed by atoms with Crippen LogP contribution in [0, 0.1) is 0 Å². The van der Waals surface area contributed by atoms with Gasteiger partial charge in [-0.25, -0.2) is 0 Å². The Hall–Kier alpha value is -1.52. The molecule has 1 aliphatic heterocycles. The van der Waals surface area contributed by atoms with Gasteiger partial charge in [-0.2, -0.15) is 0 Å². The number of phenols is 1. The minimum absolute atomic E-state index is 0.147. The average molecular weight is 394 g/mol. The Morgan fingerprint density at radius 1 is 1.13 bits per heavy atom. The van der Waals surface area contributed by atoms with Crippen molar-refractivity contribution in [1.29, 1.82) is 0 Å². The average Bonchev–Trinajstić information content (AvgIpc) is 2.58. The number of hydrogen-bond acceptors (Lipinski definition) is 3. The molecule has 0 bridgehead atoms. The van der Waals surface area contributed by atoms with Gasteiger partial charge in [0.1, 0.15) is 5.75 Å². The van der Waals surface area contributed by atoms with E-state index in [-0.39, 0.29) is 5.75 Å². The monoisotopic (exact) mass is 392 g/mol. The van der Waals surface area contributed by atoms with E-state index in [1.54, 1.807) is 18.3 Å². The van der Waals surface area contributed by atoms with Crippen LogP contribution in [0.4, 0.5) is 11.4 Å². The lowest BCUT2D eigenvalue weighted by atomic mass is 10.1. The molecular formula is C18H18BrClN2O. The van der Waals surface area contributed by atoms with Crippen LogP contribution in [0.2, 0.25) is 5.02 Å². The number of aliphatic imine (C=N–C) groups is 1. The Bertz CT molecular complexity index is 727. The van der Waals surface area contributed by atoms with E-state index in [4.69, 9.17) is 11.6 Å². The third kappa shape index (κ3) is 3.88. The Morgan fingerprint density at radius 3 is 2.65 bits per heavy atom. The molecule has 2 aromatic carbocycles. The number of halogens is 2. The minimum atomic E-state index is 0.147. The van der Waals surface area contributed by atoms with Crippen molar-refractivity contribution in [3.8, 4) is 5.75 Å². The van der Waals surface area contributed by atoms with Crippen molar-refractivity contribution >= 4 is 45.1 Å². The van der Waals surface area contributed by atoms with Gasteiger partial charge < -0.3 is 10.0 Å². The maximum Gasteiger partial charge on any atom is 0.138 e. The largest absolute Gasteiger partial charge is 0.506 e. The van der Waals surface area contributed by atoms with Crippen LogP contribution in [0.3, 0.4) is 0 Å². The van der Waals surface area contributed by atoms with E-state index in [1.807, 2.05) is 18.2 Å². The SMILES string of the molecule is Oc1c(Br)cc(Cl)cc1C=Nc1ccccc1N1CCCCC1. The zero-order chi connectivity index (χ0) is 16.2. The number of benzene rings is 2. The van der Waals surface area contributed by atoms with E-state index in [0.717, 1.165) is 24.5 Å². The molecule has 0 saturated carbocycles. The lowest BCUT2D eigenvalue weighted by Crippen LogP contribution is -2.29. The summed E-state index contributed by atoms with van der Waals surface area (Å²) in [4.78, 5) is 6.97. The topological polar surface area (TPSA) is 35.8 Å². The number of phenolic OH excluding ortho intramolecular Hbond substituents is 1. The molecule has 1 saturated heterocycles. The van der Waals surface area contributed by atoms with Crippen molar-refractivity contribution in [2.45, 2.75) is 19.3 Å². The van der Waals surface area contributed by atoms with E-state index in [1.165, 1.54) is 19.3 Å². The van der Waals surface area contributed by atoms with Gasteiger partial charge in [-0.15, -0.1) is 0 Å². The lowest BCUT2D eigenvalue weighted by molar-refractivity contribution is 0.471. The summed E-state index contributed by atoms with van der Waals surface area (Å²) in [6.07, 6.45) is 5.40. The molecule has 3 nitrogen and oxygen atoms in total. The molecule has 1 fully saturated rings. The van der Waals surface area contributed by atoms with Crippen LogP contribution in [0.15, 0.2) is 45.9 Å². The molecule has 3 rings (SSSR count). The first-order valence-electron chi connectivity index (χ1n) is 7.71. The molecule has 1 N–H and O–H groups in total. The van der Waals surface area contributed by atoms with E-state index in [2.05, 4.69) is 31.9 Å². The van der Waals surface area contributed by atoms with E-state index >= 15 is 0 Å². The summed E-state index contributed by atoms with van der Waals surface area (Å²) >= 11 is 9.34. The molecule has 5 heteroatoms. The fourth-order valence-corrected chi connectivity index (χ4v) is 3.63. The fraction of sp³-hybridized carbons (Fsp3) is 0.278. The van der Waals surface area contributed by atoms with Gasteiger partial charge in [0.15, 0.2) is 0 Å². The summed E-state index contributed by atoms with van der Waals surface area (Å²) in [5, 5.41) is 10.7. The summed E-state index contributed by atoms with van der Waals surface area (Å²) in [5.41, 5.74) is 2.65. The standard InChI is InChI=1S/C18H18BrClN2O/c19-15-11-14(20)10-13(18(15)23)12-21-16-6-2-3-7-17(16)22-8-4-1-5-9-22/h2-3,6-7,10-12,23H,1,4-5,8-9H2. The number of para-hydroxylation sites is 2. The zero-order valence-corrected chi connectivity index (χ0v) is 15.0. The van der Waals surface area contributed by atoms with E-state index in [0.29, 0.717) is 15.1 Å². The van der Waals surface area contributed by atoms with Crippen molar-refractivity contribution in [1.82, 2.24) is 0 Å². The highest BCUT2D eigenvalue weighted by molar-refractivity contribution is 9.10. The maximum atomic E-state index is 10.1. The third-order valence-electron chi connectivity index (χ3n) is 3.98. The maximum absolute atomic E-state index is 10.1. The van der Waals surface area contributed by atoms with Gasteiger partial charge in [0.05, 0.1) is 15.8 Å². The van der Waals surface area contributed by atoms with Crippen molar-refractivity contribution in [3.63, 3.8) is 0 Å². The third-order valence-corrected chi connectivity index (χ3v) is 4.80. The smallest absolute Gasteiger partial charge is 0.138 e. The highest BCUT2D eigenvalue weighted by Crippen LogP contribution is 2.33. The number of hydrogen-bond donors (Lipinski definition) is 1. The highest BCUT2D eigenvalue weighted by Gasteiger charge is 2.13. The second kappa shape index (κ2) is 7.37. The molecule has 120 valence electrons. The number of nitrogens with zero attached hydrogens (tertiary/aromatic N) is 2. The number of piperidine rings is 1. The predicted octanol–water partition coefficient (Wildman–Crippen LogP) is 5.55. The van der Waals surface area contributed by atoms with Gasteiger partial charge in [-0.3, -0.25) is 4.99 Å². The van der Waals surface area contributed by atoms with Crippen LogP contribution in [-0.4, -0.2) is 24.4 Å². The summed E-state index contributed by atoms with van der Waals surface area (Å²) in [5.74, 6) is 0.147. The molecule has 0 unspecified atom stereocenters. The molecule has 1 aliphatic rings. The molecule has 0 spiro atoms. The van der Waals surface area contributed by atoms with Crippen molar-refractivity contribution in [2.75, 3.05) is 18.0 Å². The molecule has 0 radical (unpaired) electrons. The molecule has 0 atom stereocenters. The van der Waals surface area contributed by atoms with Gasteiger partial charge in [0.2, 0.25) is 0 Å². The van der Waals surface area contributed by atoms with Crippen LogP contribution >= 0.6 is 27.5 Å². The molecule has 0 aromatic heterocycles. The zero-order valence-electron chi connectivity index (χ0n) is 12.7. The Labute approximate surface area is 149 Å². The van der Waals surface area contributed by atoms with Crippen molar-refractivity contribution in [2.24, 2.45) is 4.99 Å². The van der Waals surface area contributed by atoms with Gasteiger partial charge in [-0.1, -0.05) is 23.7 Å². The summed E-state index contributed by atoms with van der Waals surface area (Å²) in [6.45, 7) is 2.14. The molecule has 2 aromatic rings. The van der Waals surface area contributed by atoms with Gasteiger partial charge in [0.25, 0.3) is 0 Å². The predicted molar refractivity (Wildman–Crippen MR) is 101 cm³/mol. The number of anilines is 1.